The van der Waals surface area contributed by atoms with E-state index >= 15 is 0 Å². The van der Waals surface area contributed by atoms with Crippen LogP contribution in [0.25, 0.3) is 0 Å². The summed E-state index contributed by atoms with van der Waals surface area (Å²) in [6.45, 7) is 11.6. The third-order valence-corrected chi connectivity index (χ3v) is 3.32. The topological polar surface area (TPSA) is 18.5 Å². The Morgan fingerprint density at radius 2 is 1.84 bits per heavy atom. The number of benzene rings is 1. The van der Waals surface area contributed by atoms with Gasteiger partial charge in [0.2, 0.25) is 6.29 Å². The zero-order valence-electron chi connectivity index (χ0n) is 13.0. The molecule has 2 heteroatoms. The summed E-state index contributed by atoms with van der Waals surface area (Å²) in [5.74, 6) is 1.82. The maximum Gasteiger partial charge on any atom is 0.202 e. The van der Waals surface area contributed by atoms with Gasteiger partial charge in [-0.05, 0) is 36.5 Å². The van der Waals surface area contributed by atoms with Crippen molar-refractivity contribution in [1.29, 1.82) is 0 Å². The first-order valence-corrected chi connectivity index (χ1v) is 7.46. The molecule has 0 aliphatic heterocycles. The van der Waals surface area contributed by atoms with Crippen LogP contribution in [0.2, 0.25) is 0 Å². The minimum atomic E-state index is -0.160. The lowest BCUT2D eigenvalue weighted by Gasteiger charge is -2.23. The molecule has 0 amide bonds. The third kappa shape index (κ3) is 5.23. The second kappa shape index (κ2) is 8.21. The Hall–Kier alpha value is -1.02. The van der Waals surface area contributed by atoms with Gasteiger partial charge in [-0.1, -0.05) is 46.8 Å². The lowest BCUT2D eigenvalue weighted by Crippen LogP contribution is -2.27. The van der Waals surface area contributed by atoms with Crippen LogP contribution in [0.15, 0.2) is 24.3 Å². The average molecular weight is 264 g/mol. The molecule has 0 spiro atoms. The summed E-state index contributed by atoms with van der Waals surface area (Å²) in [4.78, 5) is 0. The van der Waals surface area contributed by atoms with E-state index in [0.717, 1.165) is 25.2 Å². The van der Waals surface area contributed by atoms with E-state index in [2.05, 4.69) is 52.8 Å². The molecule has 1 rings (SSSR count). The molecular formula is C17H28O2. The molecule has 1 aromatic rings. The van der Waals surface area contributed by atoms with Gasteiger partial charge < -0.3 is 9.47 Å². The molecule has 0 bridgehead atoms. The molecule has 108 valence electrons. The van der Waals surface area contributed by atoms with Crippen molar-refractivity contribution in [1.82, 2.24) is 0 Å². The SMILES string of the molecule is CCCOC(Oc1cccc(C(C)CC)c1)C(C)C. The number of hydrogen-bond donors (Lipinski definition) is 0. The smallest absolute Gasteiger partial charge is 0.202 e. The quantitative estimate of drug-likeness (QED) is 0.616. The maximum atomic E-state index is 5.99. The summed E-state index contributed by atoms with van der Waals surface area (Å²) < 4.78 is 11.8. The standard InChI is InChI=1S/C17H28O2/c1-6-11-18-17(13(3)4)19-16-10-8-9-15(12-16)14(5)7-2/h8-10,12-14,17H,6-7,11H2,1-5H3. The van der Waals surface area contributed by atoms with Crippen molar-refractivity contribution < 1.29 is 9.47 Å². The van der Waals surface area contributed by atoms with Crippen LogP contribution in [0, 0.1) is 5.92 Å². The van der Waals surface area contributed by atoms with Crippen LogP contribution >= 0.6 is 0 Å². The fourth-order valence-corrected chi connectivity index (χ4v) is 1.86. The van der Waals surface area contributed by atoms with Gasteiger partial charge in [0, 0.05) is 5.92 Å². The van der Waals surface area contributed by atoms with Crippen molar-refractivity contribution in [2.45, 2.75) is 59.7 Å². The minimum Gasteiger partial charge on any atom is -0.465 e. The summed E-state index contributed by atoms with van der Waals surface area (Å²) in [5, 5.41) is 0. The fraction of sp³-hybridized carbons (Fsp3) is 0.647. The molecule has 1 aromatic carbocycles. The first-order chi connectivity index (χ1) is 9.08. The highest BCUT2D eigenvalue weighted by Crippen LogP contribution is 2.24. The highest BCUT2D eigenvalue weighted by molar-refractivity contribution is 5.30. The lowest BCUT2D eigenvalue weighted by molar-refractivity contribution is -0.107. The molecule has 19 heavy (non-hydrogen) atoms. The fourth-order valence-electron chi connectivity index (χ4n) is 1.86. The van der Waals surface area contributed by atoms with Crippen LogP contribution in [-0.4, -0.2) is 12.9 Å². The van der Waals surface area contributed by atoms with Gasteiger partial charge in [0.15, 0.2) is 0 Å². The second-order valence-corrected chi connectivity index (χ2v) is 5.48. The predicted molar refractivity (Wildman–Crippen MR) is 80.6 cm³/mol. The molecule has 0 saturated heterocycles. The number of hydrogen-bond acceptors (Lipinski definition) is 2. The first-order valence-electron chi connectivity index (χ1n) is 7.46. The normalized spacial score (nSPS) is 14.4. The monoisotopic (exact) mass is 264 g/mol. The Morgan fingerprint density at radius 3 is 2.42 bits per heavy atom. The highest BCUT2D eigenvalue weighted by Gasteiger charge is 2.16. The van der Waals surface area contributed by atoms with Crippen LogP contribution < -0.4 is 4.74 Å². The van der Waals surface area contributed by atoms with E-state index in [1.54, 1.807) is 0 Å². The number of rotatable bonds is 8. The van der Waals surface area contributed by atoms with E-state index in [-0.39, 0.29) is 6.29 Å². The summed E-state index contributed by atoms with van der Waals surface area (Å²) >= 11 is 0. The zero-order valence-corrected chi connectivity index (χ0v) is 13.0. The molecule has 0 aliphatic carbocycles. The van der Waals surface area contributed by atoms with E-state index in [4.69, 9.17) is 9.47 Å². The Balaban J connectivity index is 2.73. The molecular weight excluding hydrogens is 236 g/mol. The second-order valence-electron chi connectivity index (χ2n) is 5.48. The van der Waals surface area contributed by atoms with Crippen molar-refractivity contribution in [2.24, 2.45) is 5.92 Å². The average Bonchev–Trinajstić information content (AvgIpc) is 2.42. The molecule has 0 radical (unpaired) electrons. The van der Waals surface area contributed by atoms with Crippen molar-refractivity contribution in [3.8, 4) is 5.75 Å². The van der Waals surface area contributed by atoms with Crippen molar-refractivity contribution in [3.05, 3.63) is 29.8 Å². The van der Waals surface area contributed by atoms with Crippen LogP contribution in [0.3, 0.4) is 0 Å². The summed E-state index contributed by atoms with van der Waals surface area (Å²) in [6.07, 6.45) is 2.00. The first kappa shape index (κ1) is 16.0. The third-order valence-electron chi connectivity index (χ3n) is 3.32. The zero-order chi connectivity index (χ0) is 14.3. The van der Waals surface area contributed by atoms with Gasteiger partial charge in [-0.3, -0.25) is 0 Å². The molecule has 0 N–H and O–H groups in total. The minimum absolute atomic E-state index is 0.160. The Labute approximate surface area is 118 Å². The number of ether oxygens (including phenoxy) is 2. The van der Waals surface area contributed by atoms with Crippen molar-refractivity contribution in [3.63, 3.8) is 0 Å². The van der Waals surface area contributed by atoms with Crippen LogP contribution in [0.4, 0.5) is 0 Å². The van der Waals surface area contributed by atoms with E-state index < -0.39 is 0 Å². The van der Waals surface area contributed by atoms with E-state index in [9.17, 15) is 0 Å². The molecule has 0 fully saturated rings. The van der Waals surface area contributed by atoms with Crippen molar-refractivity contribution in [2.75, 3.05) is 6.61 Å². The molecule has 2 unspecified atom stereocenters. The van der Waals surface area contributed by atoms with Gasteiger partial charge in [-0.15, -0.1) is 0 Å². The summed E-state index contributed by atoms with van der Waals surface area (Å²) in [7, 11) is 0. The molecule has 0 heterocycles. The maximum absolute atomic E-state index is 5.99. The molecule has 0 aromatic heterocycles. The predicted octanol–water partition coefficient (Wildman–Crippen LogP) is 4.99. The van der Waals surface area contributed by atoms with Crippen molar-refractivity contribution >= 4 is 0 Å². The van der Waals surface area contributed by atoms with Gasteiger partial charge in [0.25, 0.3) is 0 Å². The molecule has 0 saturated carbocycles. The summed E-state index contributed by atoms with van der Waals surface area (Å²) in [5.41, 5.74) is 1.33. The molecule has 0 aliphatic rings. The lowest BCUT2D eigenvalue weighted by atomic mass is 9.99. The Morgan fingerprint density at radius 1 is 1.11 bits per heavy atom. The largest absolute Gasteiger partial charge is 0.465 e. The van der Waals surface area contributed by atoms with Gasteiger partial charge in [-0.2, -0.15) is 0 Å². The Bertz CT molecular complexity index is 360. The Kier molecular flexibility index (Phi) is 6.93. The van der Waals surface area contributed by atoms with Gasteiger partial charge >= 0.3 is 0 Å². The summed E-state index contributed by atoms with van der Waals surface area (Å²) in [6, 6.07) is 8.38. The van der Waals surface area contributed by atoms with Gasteiger partial charge in [0.1, 0.15) is 5.75 Å². The molecule has 2 atom stereocenters. The van der Waals surface area contributed by atoms with Crippen LogP contribution in [0.5, 0.6) is 5.75 Å². The van der Waals surface area contributed by atoms with Gasteiger partial charge in [0.05, 0.1) is 6.61 Å². The van der Waals surface area contributed by atoms with Crippen LogP contribution in [-0.2, 0) is 4.74 Å². The molecule has 2 nitrogen and oxygen atoms in total. The van der Waals surface area contributed by atoms with E-state index in [1.165, 1.54) is 5.56 Å². The highest BCUT2D eigenvalue weighted by atomic mass is 16.7. The van der Waals surface area contributed by atoms with Crippen LogP contribution in [0.1, 0.15) is 58.9 Å². The van der Waals surface area contributed by atoms with E-state index in [1.807, 2.05) is 6.07 Å². The van der Waals surface area contributed by atoms with E-state index in [0.29, 0.717) is 11.8 Å². The van der Waals surface area contributed by atoms with Gasteiger partial charge in [-0.25, -0.2) is 0 Å².